The van der Waals surface area contributed by atoms with Gasteiger partial charge in [-0.3, -0.25) is 0 Å². The molecule has 2 aromatic rings. The van der Waals surface area contributed by atoms with Crippen LogP contribution < -0.4 is 5.32 Å². The predicted molar refractivity (Wildman–Crippen MR) is 65.5 cm³/mol. The zero-order valence-corrected chi connectivity index (χ0v) is 10.2. The van der Waals surface area contributed by atoms with Crippen molar-refractivity contribution < 1.29 is 4.39 Å². The fourth-order valence-electron chi connectivity index (χ4n) is 1.66. The Hall–Kier alpha value is -1.39. The molecule has 0 atom stereocenters. The molecule has 0 bridgehead atoms. The van der Waals surface area contributed by atoms with Gasteiger partial charge in [-0.25, -0.2) is 9.37 Å². The zero-order chi connectivity index (χ0) is 12.3. The van der Waals surface area contributed by atoms with Gasteiger partial charge in [0.05, 0.1) is 13.1 Å². The van der Waals surface area contributed by atoms with Gasteiger partial charge in [0.1, 0.15) is 11.6 Å². The topological polar surface area (TPSA) is 29.9 Å². The minimum absolute atomic E-state index is 0.278. The van der Waals surface area contributed by atoms with Gasteiger partial charge in [0.15, 0.2) is 0 Å². The highest BCUT2D eigenvalue weighted by Crippen LogP contribution is 2.18. The number of imidazole rings is 1. The number of hydrogen-bond donors (Lipinski definition) is 1. The van der Waals surface area contributed by atoms with Crippen LogP contribution in [-0.4, -0.2) is 16.6 Å². The molecule has 0 spiro atoms. The van der Waals surface area contributed by atoms with Crippen molar-refractivity contribution in [3.05, 3.63) is 52.8 Å². The molecule has 2 rings (SSSR count). The van der Waals surface area contributed by atoms with Crippen LogP contribution in [0, 0.1) is 5.82 Å². The van der Waals surface area contributed by atoms with Gasteiger partial charge >= 0.3 is 0 Å². The summed E-state index contributed by atoms with van der Waals surface area (Å²) in [6, 6.07) is 4.38. The molecular weight excluding hydrogens is 241 g/mol. The number of halogens is 2. The summed E-state index contributed by atoms with van der Waals surface area (Å²) in [5.74, 6) is 0.618. The molecule has 0 saturated heterocycles. The van der Waals surface area contributed by atoms with E-state index in [0.29, 0.717) is 18.1 Å². The Bertz CT molecular complexity index is 510. The third kappa shape index (κ3) is 2.84. The second-order valence-electron chi connectivity index (χ2n) is 3.74. The Morgan fingerprint density at radius 2 is 2.29 bits per heavy atom. The third-order valence-corrected chi connectivity index (χ3v) is 2.85. The van der Waals surface area contributed by atoms with Crippen LogP contribution in [0.15, 0.2) is 30.6 Å². The van der Waals surface area contributed by atoms with E-state index in [-0.39, 0.29) is 5.82 Å². The van der Waals surface area contributed by atoms with Gasteiger partial charge in [-0.1, -0.05) is 11.6 Å². The lowest BCUT2D eigenvalue weighted by Crippen LogP contribution is -2.12. The maximum atomic E-state index is 13.1. The van der Waals surface area contributed by atoms with Crippen LogP contribution in [0.1, 0.15) is 11.4 Å². The maximum absolute atomic E-state index is 13.1. The molecule has 1 N–H and O–H groups in total. The quantitative estimate of drug-likeness (QED) is 0.907. The van der Waals surface area contributed by atoms with E-state index in [0.717, 1.165) is 11.4 Å². The average molecular weight is 254 g/mol. The van der Waals surface area contributed by atoms with Gasteiger partial charge in [0.2, 0.25) is 0 Å². The molecular formula is C12H13ClFN3. The van der Waals surface area contributed by atoms with Gasteiger partial charge in [0.25, 0.3) is 0 Å². The van der Waals surface area contributed by atoms with E-state index in [9.17, 15) is 4.39 Å². The minimum Gasteiger partial charge on any atom is -0.329 e. The van der Waals surface area contributed by atoms with Crippen LogP contribution in [0.4, 0.5) is 4.39 Å². The molecule has 5 heteroatoms. The third-order valence-electron chi connectivity index (χ3n) is 2.49. The minimum atomic E-state index is -0.278. The number of benzene rings is 1. The number of aromatic nitrogens is 2. The van der Waals surface area contributed by atoms with Crippen molar-refractivity contribution >= 4 is 11.6 Å². The molecule has 90 valence electrons. The molecule has 0 unspecified atom stereocenters. The Kier molecular flexibility index (Phi) is 3.76. The number of nitrogens with zero attached hydrogens (tertiary/aromatic N) is 2. The summed E-state index contributed by atoms with van der Waals surface area (Å²) in [4.78, 5) is 4.22. The summed E-state index contributed by atoms with van der Waals surface area (Å²) < 4.78 is 15.1. The average Bonchev–Trinajstić information content (AvgIpc) is 2.72. The standard InChI is InChI=1S/C12H13ClFN3/c1-15-7-12-16-4-5-17(12)8-9-6-10(14)2-3-11(9)13/h2-6,15H,7-8H2,1H3. The lowest BCUT2D eigenvalue weighted by Gasteiger charge is -2.09. The molecule has 17 heavy (non-hydrogen) atoms. The van der Waals surface area contributed by atoms with Crippen LogP contribution in [0.5, 0.6) is 0 Å². The molecule has 1 aromatic carbocycles. The highest BCUT2D eigenvalue weighted by molar-refractivity contribution is 6.31. The fourth-order valence-corrected chi connectivity index (χ4v) is 1.83. The van der Waals surface area contributed by atoms with Gasteiger partial charge in [0, 0.05) is 17.4 Å². The lowest BCUT2D eigenvalue weighted by molar-refractivity contribution is 0.620. The van der Waals surface area contributed by atoms with Gasteiger partial charge < -0.3 is 9.88 Å². The first kappa shape index (κ1) is 12.1. The van der Waals surface area contributed by atoms with E-state index in [1.165, 1.54) is 12.1 Å². The van der Waals surface area contributed by atoms with E-state index in [1.807, 2.05) is 17.8 Å². The molecule has 0 aliphatic rings. The second-order valence-corrected chi connectivity index (χ2v) is 4.14. The molecule has 1 heterocycles. The van der Waals surface area contributed by atoms with Crippen LogP contribution >= 0.6 is 11.6 Å². The number of rotatable bonds is 4. The number of nitrogens with one attached hydrogen (secondary N) is 1. The molecule has 0 radical (unpaired) electrons. The summed E-state index contributed by atoms with van der Waals surface area (Å²) in [6.07, 6.45) is 3.58. The normalized spacial score (nSPS) is 10.8. The molecule has 0 amide bonds. The Morgan fingerprint density at radius 3 is 3.06 bits per heavy atom. The van der Waals surface area contributed by atoms with Crippen molar-refractivity contribution in [2.45, 2.75) is 13.1 Å². The number of hydrogen-bond acceptors (Lipinski definition) is 2. The van der Waals surface area contributed by atoms with Crippen LogP contribution in [0.3, 0.4) is 0 Å². The lowest BCUT2D eigenvalue weighted by atomic mass is 10.2. The Balaban J connectivity index is 2.25. The maximum Gasteiger partial charge on any atom is 0.123 e. The summed E-state index contributed by atoms with van der Waals surface area (Å²) in [5.41, 5.74) is 0.752. The van der Waals surface area contributed by atoms with Crippen molar-refractivity contribution in [3.63, 3.8) is 0 Å². The molecule has 0 aliphatic heterocycles. The highest BCUT2D eigenvalue weighted by atomic mass is 35.5. The molecule has 0 saturated carbocycles. The zero-order valence-electron chi connectivity index (χ0n) is 9.45. The van der Waals surface area contributed by atoms with Gasteiger partial charge in [-0.2, -0.15) is 0 Å². The van der Waals surface area contributed by atoms with Gasteiger partial charge in [-0.05, 0) is 30.8 Å². The van der Waals surface area contributed by atoms with Crippen molar-refractivity contribution in [1.82, 2.24) is 14.9 Å². The summed E-state index contributed by atoms with van der Waals surface area (Å²) in [5, 5.41) is 3.60. The van der Waals surface area contributed by atoms with E-state index in [1.54, 1.807) is 12.3 Å². The van der Waals surface area contributed by atoms with E-state index >= 15 is 0 Å². The van der Waals surface area contributed by atoms with Crippen LogP contribution in [-0.2, 0) is 13.1 Å². The molecule has 0 fully saturated rings. The van der Waals surface area contributed by atoms with E-state index in [4.69, 9.17) is 11.6 Å². The van der Waals surface area contributed by atoms with Crippen LogP contribution in [0.2, 0.25) is 5.02 Å². The smallest absolute Gasteiger partial charge is 0.123 e. The fraction of sp³-hybridized carbons (Fsp3) is 0.250. The van der Waals surface area contributed by atoms with Crippen molar-refractivity contribution in [1.29, 1.82) is 0 Å². The van der Waals surface area contributed by atoms with Crippen molar-refractivity contribution in [2.24, 2.45) is 0 Å². The van der Waals surface area contributed by atoms with E-state index in [2.05, 4.69) is 10.3 Å². The SMILES string of the molecule is CNCc1nccn1Cc1cc(F)ccc1Cl. The second kappa shape index (κ2) is 5.29. The van der Waals surface area contributed by atoms with Crippen molar-refractivity contribution in [2.75, 3.05) is 7.05 Å². The largest absolute Gasteiger partial charge is 0.329 e. The first-order chi connectivity index (χ1) is 8.20. The van der Waals surface area contributed by atoms with E-state index < -0.39 is 0 Å². The van der Waals surface area contributed by atoms with Gasteiger partial charge in [-0.15, -0.1) is 0 Å². The highest BCUT2D eigenvalue weighted by Gasteiger charge is 2.06. The molecule has 1 aromatic heterocycles. The summed E-state index contributed by atoms with van der Waals surface area (Å²) in [7, 11) is 1.86. The first-order valence-corrected chi connectivity index (χ1v) is 5.67. The summed E-state index contributed by atoms with van der Waals surface area (Å²) in [6.45, 7) is 1.19. The van der Waals surface area contributed by atoms with Crippen molar-refractivity contribution in [3.8, 4) is 0 Å². The predicted octanol–water partition coefficient (Wildman–Crippen LogP) is 2.44. The summed E-state index contributed by atoms with van der Waals surface area (Å²) >= 11 is 6.03. The Labute approximate surface area is 104 Å². The first-order valence-electron chi connectivity index (χ1n) is 5.29. The van der Waals surface area contributed by atoms with Crippen LogP contribution in [0.25, 0.3) is 0 Å². The molecule has 3 nitrogen and oxygen atoms in total. The molecule has 0 aliphatic carbocycles. The monoisotopic (exact) mass is 253 g/mol. The Morgan fingerprint density at radius 1 is 1.47 bits per heavy atom.